The van der Waals surface area contributed by atoms with Gasteiger partial charge in [-0.15, -0.1) is 0 Å². The molecule has 8 heteroatoms. The third-order valence-electron chi connectivity index (χ3n) is 7.66. The lowest BCUT2D eigenvalue weighted by Gasteiger charge is -2.23. The molecule has 2 heterocycles. The van der Waals surface area contributed by atoms with Gasteiger partial charge in [0, 0.05) is 30.1 Å². The van der Waals surface area contributed by atoms with Gasteiger partial charge in [-0.3, -0.25) is 4.79 Å². The van der Waals surface area contributed by atoms with Crippen molar-refractivity contribution in [1.29, 1.82) is 0 Å². The minimum Gasteiger partial charge on any atom is -0.507 e. The van der Waals surface area contributed by atoms with E-state index in [9.17, 15) is 9.90 Å². The molecule has 40 heavy (non-hydrogen) atoms. The number of carbonyl (C=O) groups excluding carboxylic acids is 1. The first-order valence-electron chi connectivity index (χ1n) is 13.7. The van der Waals surface area contributed by atoms with Crippen molar-refractivity contribution >= 4 is 36.4 Å². The van der Waals surface area contributed by atoms with Crippen molar-refractivity contribution in [2.45, 2.75) is 38.1 Å². The number of rotatable bonds is 8. The highest BCUT2D eigenvalue weighted by molar-refractivity contribution is 6.36. The molecule has 2 aromatic heterocycles. The Morgan fingerprint density at radius 3 is 2.58 bits per heavy atom. The summed E-state index contributed by atoms with van der Waals surface area (Å²) in [5, 5.41) is 21.4. The average molecular weight is 527 g/mol. The molecule has 6 rings (SSSR count). The highest BCUT2D eigenvalue weighted by atomic mass is 16.3. The first-order valence-corrected chi connectivity index (χ1v) is 13.7. The van der Waals surface area contributed by atoms with E-state index in [0.717, 1.165) is 29.7 Å². The van der Waals surface area contributed by atoms with Crippen LogP contribution in [0.2, 0.25) is 0 Å². The minimum absolute atomic E-state index is 0.0402. The zero-order chi connectivity index (χ0) is 27.5. The van der Waals surface area contributed by atoms with Gasteiger partial charge < -0.3 is 15.7 Å². The Hall–Kier alpha value is -4.59. The standard InChI is InChI=1S/C32H30BN5O2/c33-26-20-35-38-29(18-27(37-31(26)38)25-15-6-7-16-28(25)39)34-19-21-9-8-14-24(17-21)36-32(40)30(23-12-4-5-13-23)22-10-2-1-3-11-22/h1-3,6-11,14-18,20,23,30,34,39H,4-5,12-13,19H2,(H,36,40). The van der Waals surface area contributed by atoms with Crippen molar-refractivity contribution in [3.63, 3.8) is 0 Å². The maximum atomic E-state index is 13.6. The van der Waals surface area contributed by atoms with Crippen molar-refractivity contribution in [3.05, 3.63) is 102 Å². The molecule has 7 nitrogen and oxygen atoms in total. The van der Waals surface area contributed by atoms with E-state index >= 15 is 0 Å². The van der Waals surface area contributed by atoms with Gasteiger partial charge in [-0.1, -0.05) is 67.4 Å². The molecule has 0 aliphatic heterocycles. The van der Waals surface area contributed by atoms with Crippen molar-refractivity contribution < 1.29 is 9.90 Å². The number of carbonyl (C=O) groups is 1. The Morgan fingerprint density at radius 1 is 1.00 bits per heavy atom. The van der Waals surface area contributed by atoms with Gasteiger partial charge >= 0.3 is 0 Å². The quantitative estimate of drug-likeness (QED) is 0.235. The molecule has 3 aromatic carbocycles. The fraction of sp³-hybridized carbons (Fsp3) is 0.219. The van der Waals surface area contributed by atoms with Gasteiger partial charge in [-0.2, -0.15) is 9.61 Å². The summed E-state index contributed by atoms with van der Waals surface area (Å²) < 4.78 is 1.65. The van der Waals surface area contributed by atoms with Gasteiger partial charge in [-0.25, -0.2) is 4.98 Å². The van der Waals surface area contributed by atoms with E-state index in [0.29, 0.717) is 40.6 Å². The molecule has 1 amide bonds. The van der Waals surface area contributed by atoms with Crippen LogP contribution in [-0.4, -0.2) is 33.5 Å². The Labute approximate surface area is 234 Å². The molecule has 1 saturated carbocycles. The number of benzene rings is 3. The topological polar surface area (TPSA) is 91.5 Å². The van der Waals surface area contributed by atoms with Crippen LogP contribution >= 0.6 is 0 Å². The minimum atomic E-state index is -0.159. The Morgan fingerprint density at radius 2 is 1.77 bits per heavy atom. The van der Waals surface area contributed by atoms with E-state index in [1.165, 1.54) is 12.8 Å². The summed E-state index contributed by atoms with van der Waals surface area (Å²) in [5.74, 6) is 1.06. The smallest absolute Gasteiger partial charge is 0.232 e. The Kier molecular flexibility index (Phi) is 7.23. The van der Waals surface area contributed by atoms with E-state index in [1.807, 2.05) is 60.7 Å². The van der Waals surface area contributed by atoms with Crippen LogP contribution in [0.4, 0.5) is 11.5 Å². The predicted octanol–water partition coefficient (Wildman–Crippen LogP) is 5.42. The molecule has 0 saturated heterocycles. The highest BCUT2D eigenvalue weighted by Crippen LogP contribution is 2.38. The monoisotopic (exact) mass is 527 g/mol. The first-order chi connectivity index (χ1) is 19.6. The Bertz CT molecular complexity index is 1650. The third-order valence-corrected chi connectivity index (χ3v) is 7.66. The molecule has 3 N–H and O–H groups in total. The second-order valence-electron chi connectivity index (χ2n) is 10.4. The zero-order valence-electron chi connectivity index (χ0n) is 22.1. The molecule has 1 unspecified atom stereocenters. The number of fused-ring (bicyclic) bond motifs is 1. The summed E-state index contributed by atoms with van der Waals surface area (Å²) in [6.45, 7) is 0.480. The van der Waals surface area contributed by atoms with E-state index in [2.05, 4.69) is 32.8 Å². The van der Waals surface area contributed by atoms with Crippen LogP contribution in [0.3, 0.4) is 0 Å². The van der Waals surface area contributed by atoms with E-state index in [-0.39, 0.29) is 17.6 Å². The van der Waals surface area contributed by atoms with E-state index in [1.54, 1.807) is 22.8 Å². The molecule has 198 valence electrons. The number of phenolic OH excluding ortho intramolecular Hbond substituents is 1. The van der Waals surface area contributed by atoms with Crippen LogP contribution in [-0.2, 0) is 11.3 Å². The van der Waals surface area contributed by atoms with Gasteiger partial charge in [0.15, 0.2) is 5.65 Å². The number of amides is 1. The van der Waals surface area contributed by atoms with Crippen LogP contribution < -0.4 is 16.1 Å². The van der Waals surface area contributed by atoms with Gasteiger partial charge in [0.2, 0.25) is 5.91 Å². The molecule has 1 aliphatic carbocycles. The summed E-state index contributed by atoms with van der Waals surface area (Å²) in [6.07, 6.45) is 6.08. The zero-order valence-corrected chi connectivity index (χ0v) is 22.1. The van der Waals surface area contributed by atoms with Crippen molar-refractivity contribution in [1.82, 2.24) is 14.6 Å². The Balaban J connectivity index is 1.22. The molecule has 1 aliphatic rings. The molecule has 0 bridgehead atoms. The molecular weight excluding hydrogens is 497 g/mol. The number of aromatic nitrogens is 3. The summed E-state index contributed by atoms with van der Waals surface area (Å²) in [6, 6.07) is 26.9. The number of para-hydroxylation sites is 1. The summed E-state index contributed by atoms with van der Waals surface area (Å²) in [5.41, 5.74) is 4.97. The third kappa shape index (κ3) is 5.30. The van der Waals surface area contributed by atoms with Crippen LogP contribution in [0.1, 0.15) is 42.7 Å². The highest BCUT2D eigenvalue weighted by Gasteiger charge is 2.32. The van der Waals surface area contributed by atoms with E-state index in [4.69, 9.17) is 7.85 Å². The van der Waals surface area contributed by atoms with E-state index < -0.39 is 0 Å². The van der Waals surface area contributed by atoms with Gasteiger partial charge in [0.1, 0.15) is 19.4 Å². The normalized spacial score (nSPS) is 14.3. The molecular formula is C32H30BN5O2. The first kappa shape index (κ1) is 25.7. The fourth-order valence-electron chi connectivity index (χ4n) is 5.69. The second-order valence-corrected chi connectivity index (χ2v) is 10.4. The van der Waals surface area contributed by atoms with Crippen LogP contribution in [0, 0.1) is 5.92 Å². The van der Waals surface area contributed by atoms with Crippen molar-refractivity contribution in [2.75, 3.05) is 10.6 Å². The summed E-state index contributed by atoms with van der Waals surface area (Å²) in [4.78, 5) is 18.2. The van der Waals surface area contributed by atoms with Crippen LogP contribution in [0.25, 0.3) is 16.9 Å². The lowest BCUT2D eigenvalue weighted by Crippen LogP contribution is -2.26. The van der Waals surface area contributed by atoms with Crippen LogP contribution in [0.15, 0.2) is 91.1 Å². The number of nitrogens with one attached hydrogen (secondary N) is 2. The molecule has 0 spiro atoms. The number of phenols is 1. The maximum Gasteiger partial charge on any atom is 0.232 e. The lowest BCUT2D eigenvalue weighted by molar-refractivity contribution is -0.118. The second kappa shape index (κ2) is 11.3. The largest absolute Gasteiger partial charge is 0.507 e. The number of nitrogens with zero attached hydrogens (tertiary/aromatic N) is 3. The van der Waals surface area contributed by atoms with Gasteiger partial charge in [0.25, 0.3) is 0 Å². The predicted molar refractivity (Wildman–Crippen MR) is 159 cm³/mol. The number of hydrogen-bond donors (Lipinski definition) is 3. The molecule has 2 radical (unpaired) electrons. The fourth-order valence-corrected chi connectivity index (χ4v) is 5.69. The number of aromatic hydroxyl groups is 1. The lowest BCUT2D eigenvalue weighted by atomic mass is 9.84. The number of hydrogen-bond acceptors (Lipinski definition) is 5. The molecule has 5 aromatic rings. The summed E-state index contributed by atoms with van der Waals surface area (Å²) >= 11 is 0. The SMILES string of the molecule is [B]c1cnn2c(NCc3cccc(NC(=O)C(c4ccccc4)C4CCCC4)c3)cc(-c3ccccc3O)nc12. The maximum absolute atomic E-state index is 13.6. The molecule has 1 fully saturated rings. The van der Waals surface area contributed by atoms with Gasteiger partial charge in [0.05, 0.1) is 11.6 Å². The summed E-state index contributed by atoms with van der Waals surface area (Å²) in [7, 11) is 6.14. The number of anilines is 2. The van der Waals surface area contributed by atoms with Crippen LogP contribution in [0.5, 0.6) is 5.75 Å². The van der Waals surface area contributed by atoms with Gasteiger partial charge in [-0.05, 0) is 59.6 Å². The average Bonchev–Trinajstić information content (AvgIpc) is 3.63. The van der Waals surface area contributed by atoms with Crippen molar-refractivity contribution in [3.8, 4) is 17.0 Å². The molecule has 1 atom stereocenters. The van der Waals surface area contributed by atoms with Crippen molar-refractivity contribution in [2.24, 2.45) is 5.92 Å².